The molecule has 0 spiro atoms. The van der Waals surface area contributed by atoms with E-state index in [1.54, 1.807) is 34.1 Å². The van der Waals surface area contributed by atoms with Crippen LogP contribution in [0.2, 0.25) is 0 Å². The number of amides is 4. The number of H-pyrrole nitrogens is 1. The van der Waals surface area contributed by atoms with Crippen LogP contribution in [0.4, 0.5) is 0 Å². The summed E-state index contributed by atoms with van der Waals surface area (Å²) in [6.45, 7) is 10.5. The third-order valence-corrected chi connectivity index (χ3v) is 13.8. The van der Waals surface area contributed by atoms with E-state index in [9.17, 15) is 34.2 Å². The number of rotatable bonds is 17. The number of nitrogens with two attached hydrogens (primary N) is 2. The number of carbonyl (C=O) groups excluding carboxylic acids is 4. The molecule has 9 N–H and O–H groups in total. The van der Waals surface area contributed by atoms with Crippen molar-refractivity contribution in [3.63, 3.8) is 0 Å². The molecular weight excluding hydrogens is 944 g/mol. The molecule has 4 atom stereocenters. The SMILES string of the molecule is Cc1cc(O)cc(C)c1C[C@H](N)C(=O)N1Cc2ccccc2C[C@H]1C(=O)NCCCCc1nc(C)c(CCCNC(=O)[C@@H]2Cc3ccccc3CN2C(=O)[C@@H](N)Cc2c(C)cc(O)cc2C)[nH]c1=O.Cl.Cl. The van der Waals surface area contributed by atoms with Crippen LogP contribution in [-0.2, 0) is 70.8 Å². The Bertz CT molecular complexity index is 2750. The number of nitrogens with zero attached hydrogens (tertiary/aromatic N) is 3. The third-order valence-electron chi connectivity index (χ3n) is 13.8. The summed E-state index contributed by atoms with van der Waals surface area (Å²) in [5.41, 5.74) is 23.7. The van der Waals surface area contributed by atoms with Crippen molar-refractivity contribution in [3.05, 3.63) is 156 Å². The van der Waals surface area contributed by atoms with Gasteiger partial charge in [-0.2, -0.15) is 0 Å². The summed E-state index contributed by atoms with van der Waals surface area (Å²) in [4.78, 5) is 79.4. The molecule has 4 amide bonds. The molecule has 2 aliphatic heterocycles. The maximum atomic E-state index is 14.0. The molecule has 0 fully saturated rings. The Morgan fingerprint density at radius 2 is 1.06 bits per heavy atom. The lowest BCUT2D eigenvalue weighted by Gasteiger charge is -2.37. The van der Waals surface area contributed by atoms with E-state index in [2.05, 4.69) is 20.6 Å². The van der Waals surface area contributed by atoms with Crippen molar-refractivity contribution in [1.29, 1.82) is 0 Å². The Balaban J connectivity index is 0.00000469. The van der Waals surface area contributed by atoms with Gasteiger partial charge in [-0.05, 0) is 159 Å². The Labute approximate surface area is 428 Å². The van der Waals surface area contributed by atoms with Crippen LogP contribution in [0, 0.1) is 34.6 Å². The van der Waals surface area contributed by atoms with Crippen LogP contribution in [0.5, 0.6) is 11.5 Å². The van der Waals surface area contributed by atoms with Crippen LogP contribution in [-0.4, -0.2) is 90.9 Å². The molecule has 2 aliphatic rings. The number of benzene rings is 4. The quantitative estimate of drug-likeness (QED) is 0.0609. The molecule has 0 saturated carbocycles. The molecule has 3 heterocycles. The largest absolute Gasteiger partial charge is 0.508 e. The van der Waals surface area contributed by atoms with Crippen LogP contribution in [0.25, 0.3) is 0 Å². The number of hydrogen-bond acceptors (Lipinski definition) is 10. The number of aromatic nitrogens is 2. The fourth-order valence-electron chi connectivity index (χ4n) is 9.98. The number of nitrogens with one attached hydrogen (secondary N) is 3. The van der Waals surface area contributed by atoms with E-state index in [0.717, 1.165) is 55.6 Å². The number of unbranched alkanes of at least 4 members (excludes halogenated alkanes) is 1. The Morgan fingerprint density at radius 1 is 0.648 bits per heavy atom. The molecular formula is C54H68Cl2N8O7. The summed E-state index contributed by atoms with van der Waals surface area (Å²) in [7, 11) is 0. The van der Waals surface area contributed by atoms with E-state index >= 15 is 0 Å². The highest BCUT2D eigenvalue weighted by Crippen LogP contribution is 2.29. The van der Waals surface area contributed by atoms with Crippen molar-refractivity contribution >= 4 is 48.4 Å². The zero-order chi connectivity index (χ0) is 49.5. The zero-order valence-corrected chi connectivity index (χ0v) is 42.8. The number of fused-ring (bicyclic) bond motifs is 2. The van der Waals surface area contributed by atoms with Gasteiger partial charge in [-0.15, -0.1) is 24.8 Å². The van der Waals surface area contributed by atoms with Gasteiger partial charge in [0.05, 0.1) is 17.8 Å². The zero-order valence-electron chi connectivity index (χ0n) is 41.2. The average molecular weight is 1010 g/mol. The van der Waals surface area contributed by atoms with E-state index in [1.165, 1.54) is 0 Å². The normalized spacial score (nSPS) is 15.8. The Hall–Kier alpha value is -6.26. The van der Waals surface area contributed by atoms with E-state index in [4.69, 9.17) is 11.5 Å². The first-order chi connectivity index (χ1) is 33.0. The Morgan fingerprint density at radius 3 is 1.49 bits per heavy atom. The molecule has 7 rings (SSSR count). The third kappa shape index (κ3) is 13.4. The highest BCUT2D eigenvalue weighted by molar-refractivity contribution is 5.91. The second-order valence-corrected chi connectivity index (χ2v) is 18.9. The van der Waals surface area contributed by atoms with Gasteiger partial charge >= 0.3 is 0 Å². The van der Waals surface area contributed by atoms with Crippen LogP contribution < -0.4 is 27.7 Å². The maximum absolute atomic E-state index is 14.0. The van der Waals surface area contributed by atoms with Crippen molar-refractivity contribution in [2.45, 2.75) is 130 Å². The smallest absolute Gasteiger partial charge is 0.269 e. The van der Waals surface area contributed by atoms with Gasteiger partial charge in [-0.1, -0.05) is 48.5 Å². The van der Waals surface area contributed by atoms with Crippen molar-refractivity contribution in [3.8, 4) is 11.5 Å². The highest BCUT2D eigenvalue weighted by atomic mass is 35.5. The minimum absolute atomic E-state index is 0. The summed E-state index contributed by atoms with van der Waals surface area (Å²) in [5.74, 6) is -0.856. The van der Waals surface area contributed by atoms with E-state index < -0.39 is 24.2 Å². The predicted octanol–water partition coefficient (Wildman–Crippen LogP) is 5.10. The summed E-state index contributed by atoms with van der Waals surface area (Å²) < 4.78 is 0. The number of aryl methyl sites for hydroxylation is 7. The molecule has 4 aromatic carbocycles. The van der Waals surface area contributed by atoms with E-state index in [-0.39, 0.29) is 91.4 Å². The van der Waals surface area contributed by atoms with Gasteiger partial charge in [0, 0.05) is 44.7 Å². The molecule has 0 aliphatic carbocycles. The van der Waals surface area contributed by atoms with Gasteiger partial charge in [0.2, 0.25) is 23.6 Å². The lowest BCUT2D eigenvalue weighted by molar-refractivity contribution is -0.142. The topological polar surface area (TPSA) is 237 Å². The van der Waals surface area contributed by atoms with E-state index in [1.807, 2.05) is 83.1 Å². The van der Waals surface area contributed by atoms with Gasteiger partial charge in [0.1, 0.15) is 29.3 Å². The summed E-state index contributed by atoms with van der Waals surface area (Å²) >= 11 is 0. The number of aromatic hydroxyl groups is 2. The van der Waals surface area contributed by atoms with Crippen LogP contribution in [0.3, 0.4) is 0 Å². The first-order valence-corrected chi connectivity index (χ1v) is 24.0. The molecule has 17 heteroatoms. The number of phenols is 2. The predicted molar refractivity (Wildman–Crippen MR) is 279 cm³/mol. The first kappa shape index (κ1) is 55.7. The second-order valence-electron chi connectivity index (χ2n) is 18.9. The van der Waals surface area contributed by atoms with Crippen molar-refractivity contribution in [2.75, 3.05) is 13.1 Å². The second kappa shape index (κ2) is 24.7. The molecule has 0 saturated heterocycles. The van der Waals surface area contributed by atoms with Crippen LogP contribution in [0.1, 0.15) is 92.0 Å². The minimum Gasteiger partial charge on any atom is -0.508 e. The van der Waals surface area contributed by atoms with Crippen molar-refractivity contribution in [2.24, 2.45) is 11.5 Å². The molecule has 1 aromatic heterocycles. The summed E-state index contributed by atoms with van der Waals surface area (Å²) in [6.07, 6.45) is 3.86. The van der Waals surface area contributed by atoms with Gasteiger partial charge < -0.3 is 47.1 Å². The number of hydrogen-bond donors (Lipinski definition) is 7. The lowest BCUT2D eigenvalue weighted by Crippen LogP contribution is -2.56. The van der Waals surface area contributed by atoms with Crippen LogP contribution in [0.15, 0.2) is 77.6 Å². The van der Waals surface area contributed by atoms with Gasteiger partial charge in [-0.25, -0.2) is 0 Å². The van der Waals surface area contributed by atoms with Crippen LogP contribution >= 0.6 is 24.8 Å². The molecule has 0 radical (unpaired) electrons. The molecule has 0 unspecified atom stereocenters. The first-order valence-electron chi connectivity index (χ1n) is 24.0. The number of phenolic OH excluding ortho intramolecular Hbond substituents is 2. The lowest BCUT2D eigenvalue weighted by atomic mass is 9.91. The number of carbonyl (C=O) groups is 4. The highest BCUT2D eigenvalue weighted by Gasteiger charge is 2.38. The molecule has 380 valence electrons. The monoisotopic (exact) mass is 1010 g/mol. The van der Waals surface area contributed by atoms with Gasteiger partial charge in [0.25, 0.3) is 5.56 Å². The number of halogens is 2. The van der Waals surface area contributed by atoms with E-state index in [0.29, 0.717) is 75.1 Å². The maximum Gasteiger partial charge on any atom is 0.269 e. The van der Waals surface area contributed by atoms with Crippen molar-refractivity contribution < 1.29 is 29.4 Å². The fraction of sp³-hybridized carbons (Fsp3) is 0.407. The molecule has 15 nitrogen and oxygen atoms in total. The fourth-order valence-corrected chi connectivity index (χ4v) is 9.98. The van der Waals surface area contributed by atoms with Crippen molar-refractivity contribution in [1.82, 2.24) is 30.4 Å². The average Bonchev–Trinajstić information content (AvgIpc) is 3.32. The van der Waals surface area contributed by atoms with Gasteiger partial charge in [0.15, 0.2) is 0 Å². The minimum atomic E-state index is -0.886. The Kier molecular flexibility index (Phi) is 19.4. The summed E-state index contributed by atoms with van der Waals surface area (Å²) in [6, 6.07) is 18.9. The summed E-state index contributed by atoms with van der Waals surface area (Å²) in [5, 5.41) is 26.1. The molecule has 5 aromatic rings. The molecule has 0 bridgehead atoms. The standard InChI is InChI=1S/C54H66N8O7.2ClH/c1-31-21-40(63)22-32(2)42(31)27-44(55)53(68)61-29-38-15-8-6-13-36(38)25-48(61)51(66)57-19-11-10-17-47-50(65)60-46(35(5)59-47)18-12-20-58-52(67)49-26-37-14-7-9-16-39(37)30-62(49)54(69)45(56)28-43-33(3)23-41(64)24-34(43)4;;/h6-9,13-16,21-24,44-45,48-49,63-64H,10-12,17-20,25-30,55-56H2,1-5H3,(H,57,66)(H,58,67)(H,60,65);2*1H/t44-,45-,48-,49-;;/m0../s1. The van der Waals surface area contributed by atoms with Gasteiger partial charge in [-0.3, -0.25) is 29.0 Å². The molecule has 71 heavy (non-hydrogen) atoms. The number of aromatic amines is 1.